The Balaban J connectivity index is 1.60. The first-order valence-electron chi connectivity index (χ1n) is 6.49. The molecule has 3 heteroatoms. The Hall–Kier alpha value is -0.990. The van der Waals surface area contributed by atoms with E-state index in [1.165, 1.54) is 18.4 Å². The zero-order valence-electron chi connectivity index (χ0n) is 10.4. The lowest BCUT2D eigenvalue weighted by Crippen LogP contribution is -2.34. The minimum Gasteiger partial charge on any atom is -0.381 e. The smallest absolute Gasteiger partial charge is 0.0637 e. The van der Waals surface area contributed by atoms with Crippen molar-refractivity contribution in [1.29, 1.82) is 0 Å². The van der Waals surface area contributed by atoms with Crippen LogP contribution >= 0.6 is 27.5 Å². The van der Waals surface area contributed by atoms with Gasteiger partial charge in [-0.3, -0.25) is 0 Å². The van der Waals surface area contributed by atoms with Crippen molar-refractivity contribution < 1.29 is 0 Å². The lowest BCUT2D eigenvalue weighted by molar-refractivity contribution is 0.374. The maximum atomic E-state index is 6.15. The molecule has 0 bridgehead atoms. The van der Waals surface area contributed by atoms with Gasteiger partial charge >= 0.3 is 0 Å². The summed E-state index contributed by atoms with van der Waals surface area (Å²) in [4.78, 5) is 0. The Morgan fingerprint density at radius 3 is 2.58 bits per heavy atom. The van der Waals surface area contributed by atoms with Crippen LogP contribution in [0, 0.1) is 0 Å². The van der Waals surface area contributed by atoms with E-state index in [0.717, 1.165) is 15.2 Å². The predicted molar refractivity (Wildman–Crippen MR) is 85.0 cm³/mol. The first-order chi connectivity index (χ1) is 9.22. The number of nitrogens with one attached hydrogen (secondary N) is 1. The van der Waals surface area contributed by atoms with Gasteiger partial charge in [0.05, 0.1) is 10.7 Å². The van der Waals surface area contributed by atoms with E-state index >= 15 is 0 Å². The molecule has 0 aromatic heterocycles. The number of benzene rings is 2. The highest BCUT2D eigenvalue weighted by Crippen LogP contribution is 2.39. The fourth-order valence-corrected chi connectivity index (χ4v) is 3.17. The Bertz CT molecular complexity index is 578. The third kappa shape index (κ3) is 2.96. The van der Waals surface area contributed by atoms with Crippen molar-refractivity contribution >= 4 is 33.2 Å². The van der Waals surface area contributed by atoms with E-state index in [1.54, 1.807) is 0 Å². The normalized spacial score (nSPS) is 21.8. The second-order valence-electron chi connectivity index (χ2n) is 5.04. The van der Waals surface area contributed by atoms with E-state index in [-0.39, 0.29) is 0 Å². The molecule has 0 radical (unpaired) electrons. The summed E-state index contributed by atoms with van der Waals surface area (Å²) >= 11 is 9.68. The molecule has 2 aromatic rings. The number of hydrogen-bond acceptors (Lipinski definition) is 1. The van der Waals surface area contributed by atoms with Crippen molar-refractivity contribution in [3.8, 4) is 0 Å². The van der Waals surface area contributed by atoms with Crippen molar-refractivity contribution in [2.75, 3.05) is 5.32 Å². The molecule has 1 aliphatic carbocycles. The van der Waals surface area contributed by atoms with Crippen LogP contribution in [0.4, 0.5) is 5.69 Å². The minimum atomic E-state index is 0.531. The van der Waals surface area contributed by atoms with Gasteiger partial charge in [-0.1, -0.05) is 51.8 Å². The molecule has 0 spiro atoms. The summed E-state index contributed by atoms with van der Waals surface area (Å²) in [7, 11) is 0. The molecule has 19 heavy (non-hydrogen) atoms. The molecule has 1 nitrogen and oxygen atoms in total. The third-order valence-electron chi connectivity index (χ3n) is 3.69. The number of rotatable bonds is 3. The van der Waals surface area contributed by atoms with Crippen molar-refractivity contribution in [3.63, 3.8) is 0 Å². The van der Waals surface area contributed by atoms with E-state index in [4.69, 9.17) is 11.6 Å². The molecule has 0 saturated heterocycles. The van der Waals surface area contributed by atoms with Gasteiger partial charge in [0.1, 0.15) is 0 Å². The van der Waals surface area contributed by atoms with Crippen molar-refractivity contribution in [2.45, 2.75) is 24.8 Å². The number of halogens is 2. The average molecular weight is 337 g/mol. The fraction of sp³-hybridized carbons (Fsp3) is 0.250. The molecule has 98 valence electrons. The largest absolute Gasteiger partial charge is 0.381 e. The highest BCUT2D eigenvalue weighted by atomic mass is 79.9. The summed E-state index contributed by atoms with van der Waals surface area (Å²) in [6.07, 6.45) is 2.34. The summed E-state index contributed by atoms with van der Waals surface area (Å²) < 4.78 is 1.16. The zero-order valence-corrected chi connectivity index (χ0v) is 12.8. The van der Waals surface area contributed by atoms with Gasteiger partial charge in [-0.25, -0.2) is 0 Å². The first kappa shape index (κ1) is 13.0. The van der Waals surface area contributed by atoms with Gasteiger partial charge in [0.25, 0.3) is 0 Å². The summed E-state index contributed by atoms with van der Waals surface area (Å²) in [5.41, 5.74) is 2.47. The predicted octanol–water partition coefficient (Wildman–Crippen LogP) is 5.46. The molecule has 2 aromatic carbocycles. The summed E-state index contributed by atoms with van der Waals surface area (Å²) in [5, 5.41) is 4.32. The third-order valence-corrected chi connectivity index (χ3v) is 4.51. The van der Waals surface area contributed by atoms with Gasteiger partial charge in [0.2, 0.25) is 0 Å². The molecule has 0 heterocycles. The van der Waals surface area contributed by atoms with Crippen LogP contribution in [0.3, 0.4) is 0 Å². The number of anilines is 1. The van der Waals surface area contributed by atoms with Crippen molar-refractivity contribution in [1.82, 2.24) is 0 Å². The first-order valence-corrected chi connectivity index (χ1v) is 7.66. The Kier molecular flexibility index (Phi) is 3.81. The Morgan fingerprint density at radius 2 is 1.84 bits per heavy atom. The molecule has 0 amide bonds. The van der Waals surface area contributed by atoms with Crippen LogP contribution < -0.4 is 5.32 Å². The van der Waals surface area contributed by atoms with Crippen LogP contribution in [-0.2, 0) is 0 Å². The van der Waals surface area contributed by atoms with Crippen LogP contribution in [-0.4, -0.2) is 6.04 Å². The van der Waals surface area contributed by atoms with Gasteiger partial charge in [-0.15, -0.1) is 0 Å². The highest BCUT2D eigenvalue weighted by molar-refractivity contribution is 9.10. The number of hydrogen-bond donors (Lipinski definition) is 1. The van der Waals surface area contributed by atoms with Crippen LogP contribution in [0.2, 0.25) is 5.02 Å². The summed E-state index contributed by atoms with van der Waals surface area (Å²) in [6.45, 7) is 0. The zero-order chi connectivity index (χ0) is 13.2. The second-order valence-corrected chi connectivity index (χ2v) is 6.37. The quantitative estimate of drug-likeness (QED) is 0.784. The fourth-order valence-electron chi connectivity index (χ4n) is 2.57. The maximum absolute atomic E-state index is 6.15. The van der Waals surface area contributed by atoms with Gasteiger partial charge in [0, 0.05) is 10.5 Å². The molecule has 0 atom stereocenters. The van der Waals surface area contributed by atoms with E-state index in [0.29, 0.717) is 12.0 Å². The van der Waals surface area contributed by atoms with Crippen molar-refractivity contribution in [3.05, 3.63) is 63.6 Å². The Labute approximate surface area is 127 Å². The molecule has 3 rings (SSSR count). The molecule has 1 fully saturated rings. The van der Waals surface area contributed by atoms with E-state index < -0.39 is 0 Å². The van der Waals surface area contributed by atoms with Crippen molar-refractivity contribution in [2.24, 2.45) is 0 Å². The Morgan fingerprint density at radius 1 is 1.05 bits per heavy atom. The molecular formula is C16H15BrClN. The van der Waals surface area contributed by atoms with Crippen LogP contribution in [0.1, 0.15) is 24.3 Å². The SMILES string of the molecule is Clc1ccccc1NC1CC(c2cccc(Br)c2)C1. The maximum Gasteiger partial charge on any atom is 0.0637 e. The van der Waals surface area contributed by atoms with E-state index in [2.05, 4.69) is 45.5 Å². The monoisotopic (exact) mass is 335 g/mol. The summed E-state index contributed by atoms with van der Waals surface area (Å²) in [6, 6.07) is 17.1. The average Bonchev–Trinajstić information content (AvgIpc) is 2.35. The topological polar surface area (TPSA) is 12.0 Å². The molecule has 1 N–H and O–H groups in total. The minimum absolute atomic E-state index is 0.531. The lowest BCUT2D eigenvalue weighted by Gasteiger charge is -2.37. The van der Waals surface area contributed by atoms with Gasteiger partial charge in [-0.2, -0.15) is 0 Å². The van der Waals surface area contributed by atoms with Gasteiger partial charge in [-0.05, 0) is 48.6 Å². The van der Waals surface area contributed by atoms with Gasteiger partial charge in [0.15, 0.2) is 0 Å². The van der Waals surface area contributed by atoms with E-state index in [9.17, 15) is 0 Å². The van der Waals surface area contributed by atoms with Crippen LogP contribution in [0.15, 0.2) is 53.0 Å². The van der Waals surface area contributed by atoms with E-state index in [1.807, 2.05) is 24.3 Å². The molecule has 1 saturated carbocycles. The molecular weight excluding hydrogens is 322 g/mol. The lowest BCUT2D eigenvalue weighted by atomic mass is 9.76. The van der Waals surface area contributed by atoms with Crippen LogP contribution in [0.25, 0.3) is 0 Å². The standard InChI is InChI=1S/C16H15BrClN/c17-13-5-3-4-11(8-13)12-9-14(10-12)19-16-7-2-1-6-15(16)18/h1-8,12,14,19H,9-10H2. The van der Waals surface area contributed by atoms with Gasteiger partial charge < -0.3 is 5.32 Å². The molecule has 0 unspecified atom stereocenters. The van der Waals surface area contributed by atoms with Crippen LogP contribution in [0.5, 0.6) is 0 Å². The summed E-state index contributed by atoms with van der Waals surface area (Å²) in [5.74, 6) is 0.664. The molecule has 0 aliphatic heterocycles. The number of para-hydroxylation sites is 1. The second kappa shape index (κ2) is 5.56. The molecule has 1 aliphatic rings. The highest BCUT2D eigenvalue weighted by Gasteiger charge is 2.30.